The predicted molar refractivity (Wildman–Crippen MR) is 302 cm³/mol. The molecule has 0 amide bonds. The third-order valence-electron chi connectivity index (χ3n) is 13.9. The zero-order valence-corrected chi connectivity index (χ0v) is 39.2. The first-order valence-electron chi connectivity index (χ1n) is 24.0. The zero-order valence-electron chi connectivity index (χ0n) is 38.3. The summed E-state index contributed by atoms with van der Waals surface area (Å²) in [6, 6.07) is 100. The molecule has 0 saturated heterocycles. The van der Waals surface area contributed by atoms with Crippen molar-refractivity contribution in [1.82, 2.24) is 0 Å². The average Bonchev–Trinajstić information content (AvgIpc) is 3.83. The number of hydrogen-bond acceptors (Lipinski definition) is 2. The number of benzene rings is 12. The van der Waals surface area contributed by atoms with Crippen LogP contribution in [-0.4, -0.2) is 0 Å². The Kier molecular flexibility index (Phi) is 10.5. The molecule has 1 heterocycles. The Labute approximate surface area is 412 Å². The van der Waals surface area contributed by atoms with Crippen molar-refractivity contribution in [3.63, 3.8) is 0 Å². The van der Waals surface area contributed by atoms with Crippen LogP contribution in [0.3, 0.4) is 0 Å². The molecule has 0 atom stereocenters. The van der Waals surface area contributed by atoms with Crippen LogP contribution in [0.15, 0.2) is 273 Å². The van der Waals surface area contributed by atoms with E-state index in [9.17, 15) is 0 Å². The third-order valence-corrected chi connectivity index (χ3v) is 15.1. The minimum atomic E-state index is 1.07. The Morgan fingerprint density at radius 2 is 0.743 bits per heavy atom. The van der Waals surface area contributed by atoms with Crippen LogP contribution in [0.5, 0.6) is 0 Å². The fourth-order valence-corrected chi connectivity index (χ4v) is 11.8. The minimum absolute atomic E-state index is 1.07. The lowest BCUT2D eigenvalue weighted by Crippen LogP contribution is -2.12. The largest absolute Gasteiger partial charge is 0.309 e. The van der Waals surface area contributed by atoms with E-state index in [1.54, 1.807) is 0 Å². The Hall–Kier alpha value is -8.82. The summed E-state index contributed by atoms with van der Waals surface area (Å²) in [5, 5.41) is 7.44. The Morgan fingerprint density at radius 3 is 1.47 bits per heavy atom. The maximum atomic E-state index is 2.52. The molecule has 70 heavy (non-hydrogen) atoms. The molecule has 0 fully saturated rings. The van der Waals surface area contributed by atoms with Gasteiger partial charge in [-0.1, -0.05) is 231 Å². The van der Waals surface area contributed by atoms with Gasteiger partial charge in [0.1, 0.15) is 0 Å². The second-order valence-electron chi connectivity index (χ2n) is 18.0. The van der Waals surface area contributed by atoms with Crippen LogP contribution in [0.25, 0.3) is 108 Å². The standard InChI is InChI=1S/C68H45NS/c1-4-19-46(20-5-1)50-25-16-27-53(43-50)66-61-32-12-10-29-58(61)59-30-11-13-33-62(59)67(66)69(55-28-17-26-52(44-55)57-34-18-35-63-60-31-14-15-36-65(60)70-68(57)63)54-40-37-49(38-41-54)64-45-51(47-21-6-2-7-22-47)39-42-56(64)48-23-8-3-9-24-48/h1-45H. The maximum absolute atomic E-state index is 2.52. The van der Waals surface area contributed by atoms with E-state index >= 15 is 0 Å². The van der Waals surface area contributed by atoms with E-state index < -0.39 is 0 Å². The highest BCUT2D eigenvalue weighted by Gasteiger charge is 2.25. The highest BCUT2D eigenvalue weighted by atomic mass is 32.1. The number of fused-ring (bicyclic) bond motifs is 6. The van der Waals surface area contributed by atoms with Crippen LogP contribution in [0.4, 0.5) is 17.1 Å². The molecule has 13 rings (SSSR count). The van der Waals surface area contributed by atoms with Gasteiger partial charge >= 0.3 is 0 Å². The van der Waals surface area contributed by atoms with Gasteiger partial charge in [0.05, 0.1) is 5.69 Å². The Balaban J connectivity index is 1.07. The predicted octanol–water partition coefficient (Wildman–Crippen LogP) is 19.8. The van der Waals surface area contributed by atoms with E-state index in [1.807, 2.05) is 11.3 Å². The monoisotopic (exact) mass is 907 g/mol. The fraction of sp³-hybridized carbons (Fsp3) is 0. The second kappa shape index (κ2) is 17.7. The summed E-state index contributed by atoms with van der Waals surface area (Å²) in [7, 11) is 0. The summed E-state index contributed by atoms with van der Waals surface area (Å²) < 4.78 is 2.61. The maximum Gasteiger partial charge on any atom is 0.0624 e. The van der Waals surface area contributed by atoms with Crippen LogP contribution < -0.4 is 4.90 Å². The number of thiophene rings is 1. The molecule has 0 unspecified atom stereocenters. The summed E-state index contributed by atoms with van der Waals surface area (Å²) in [4.78, 5) is 2.52. The molecule has 0 aliphatic carbocycles. The van der Waals surface area contributed by atoms with Crippen molar-refractivity contribution in [3.05, 3.63) is 273 Å². The normalized spacial score (nSPS) is 11.4. The first-order valence-corrected chi connectivity index (χ1v) is 24.8. The quantitative estimate of drug-likeness (QED) is 0.130. The van der Waals surface area contributed by atoms with E-state index in [1.165, 1.54) is 97.4 Å². The molecule has 0 radical (unpaired) electrons. The van der Waals surface area contributed by atoms with Crippen molar-refractivity contribution in [2.75, 3.05) is 4.90 Å². The van der Waals surface area contributed by atoms with Gasteiger partial charge in [-0.25, -0.2) is 0 Å². The highest BCUT2D eigenvalue weighted by Crippen LogP contribution is 2.51. The molecule has 0 spiro atoms. The fourth-order valence-electron chi connectivity index (χ4n) is 10.6. The van der Waals surface area contributed by atoms with E-state index in [2.05, 4.69) is 278 Å². The molecular weight excluding hydrogens is 863 g/mol. The summed E-state index contributed by atoms with van der Waals surface area (Å²) in [5.41, 5.74) is 17.6. The van der Waals surface area contributed by atoms with Crippen LogP contribution in [0.1, 0.15) is 0 Å². The second-order valence-corrected chi connectivity index (χ2v) is 19.0. The van der Waals surface area contributed by atoms with E-state index in [4.69, 9.17) is 0 Å². The molecule has 1 nitrogen and oxygen atoms in total. The molecule has 1 aromatic heterocycles. The Bertz CT molecular complexity index is 4040. The molecule has 0 bridgehead atoms. The number of anilines is 3. The summed E-state index contributed by atoms with van der Waals surface area (Å²) in [6.45, 7) is 0. The lowest BCUT2D eigenvalue weighted by molar-refractivity contribution is 1.30. The van der Waals surface area contributed by atoms with E-state index in [0.29, 0.717) is 0 Å². The number of hydrogen-bond donors (Lipinski definition) is 0. The molecule has 328 valence electrons. The lowest BCUT2D eigenvalue weighted by Gasteiger charge is -2.31. The number of nitrogens with zero attached hydrogens (tertiary/aromatic N) is 1. The van der Waals surface area contributed by atoms with Gasteiger partial charge in [-0.2, -0.15) is 0 Å². The molecule has 0 saturated carbocycles. The van der Waals surface area contributed by atoms with Gasteiger partial charge in [-0.3, -0.25) is 0 Å². The van der Waals surface area contributed by atoms with Crippen LogP contribution in [0.2, 0.25) is 0 Å². The van der Waals surface area contributed by atoms with Gasteiger partial charge in [0.15, 0.2) is 0 Å². The topological polar surface area (TPSA) is 3.24 Å². The van der Waals surface area contributed by atoms with Gasteiger partial charge in [-0.05, 0) is 120 Å². The summed E-state index contributed by atoms with van der Waals surface area (Å²) >= 11 is 1.88. The van der Waals surface area contributed by atoms with E-state index in [-0.39, 0.29) is 0 Å². The van der Waals surface area contributed by atoms with Crippen LogP contribution in [0, 0.1) is 0 Å². The smallest absolute Gasteiger partial charge is 0.0624 e. The van der Waals surface area contributed by atoms with Gasteiger partial charge in [0.25, 0.3) is 0 Å². The molecule has 13 aromatic rings. The average molecular weight is 908 g/mol. The van der Waals surface area contributed by atoms with Gasteiger partial charge in [-0.15, -0.1) is 11.3 Å². The van der Waals surface area contributed by atoms with Crippen molar-refractivity contribution in [3.8, 4) is 66.8 Å². The van der Waals surface area contributed by atoms with Crippen molar-refractivity contribution in [1.29, 1.82) is 0 Å². The first kappa shape index (κ1) is 41.4. The third kappa shape index (κ3) is 7.34. The zero-order chi connectivity index (χ0) is 46.4. The van der Waals surface area contributed by atoms with Crippen molar-refractivity contribution in [2.45, 2.75) is 0 Å². The van der Waals surface area contributed by atoms with Gasteiger partial charge in [0, 0.05) is 42.5 Å². The molecule has 12 aromatic carbocycles. The summed E-state index contributed by atoms with van der Waals surface area (Å²) in [5.74, 6) is 0. The molecule has 2 heteroatoms. The van der Waals surface area contributed by atoms with Crippen molar-refractivity contribution >= 4 is 70.1 Å². The van der Waals surface area contributed by atoms with Crippen molar-refractivity contribution in [2.24, 2.45) is 0 Å². The molecular formula is C68H45NS. The van der Waals surface area contributed by atoms with Crippen molar-refractivity contribution < 1.29 is 0 Å². The molecule has 0 aliphatic rings. The lowest BCUT2D eigenvalue weighted by atomic mass is 9.88. The SMILES string of the molecule is c1ccc(-c2cccc(-c3c(N(c4ccc(-c5cc(-c6ccccc6)ccc5-c5ccccc5)cc4)c4cccc(-c5cccc6c5sc5ccccc56)c4)c4ccccc4c4ccccc34)c2)cc1. The summed E-state index contributed by atoms with van der Waals surface area (Å²) in [6.07, 6.45) is 0. The van der Waals surface area contributed by atoms with Crippen LogP contribution in [-0.2, 0) is 0 Å². The first-order chi connectivity index (χ1) is 34.7. The molecule has 0 N–H and O–H groups in total. The number of rotatable bonds is 9. The minimum Gasteiger partial charge on any atom is -0.309 e. The van der Waals surface area contributed by atoms with Gasteiger partial charge < -0.3 is 4.90 Å². The Morgan fingerprint density at radius 1 is 0.243 bits per heavy atom. The van der Waals surface area contributed by atoms with Crippen LogP contribution >= 0.6 is 11.3 Å². The van der Waals surface area contributed by atoms with E-state index in [0.717, 1.165) is 28.2 Å². The van der Waals surface area contributed by atoms with Gasteiger partial charge in [0.2, 0.25) is 0 Å². The molecule has 0 aliphatic heterocycles. The highest BCUT2D eigenvalue weighted by molar-refractivity contribution is 7.26.